The number of amides is 2. The number of nitrogens with one attached hydrogen (secondary N) is 2. The first-order valence-corrected chi connectivity index (χ1v) is 9.79. The van der Waals surface area contributed by atoms with E-state index in [1.807, 2.05) is 43.3 Å². The number of carbonyl (C=O) groups is 1. The maximum atomic E-state index is 12.6. The van der Waals surface area contributed by atoms with Crippen LogP contribution in [0.25, 0.3) is 11.0 Å². The minimum Gasteiger partial charge on any atom is -0.493 e. The van der Waals surface area contributed by atoms with Gasteiger partial charge in [-0.15, -0.1) is 0 Å². The maximum absolute atomic E-state index is 12.6. The number of aromatic nitrogens is 2. The van der Waals surface area contributed by atoms with Gasteiger partial charge in [0.1, 0.15) is 12.4 Å². The molecule has 0 aliphatic carbocycles. The monoisotopic (exact) mass is 394 g/mol. The number of hydrogen-bond donors (Lipinski definition) is 2. The Kier molecular flexibility index (Phi) is 5.29. The fraction of sp³-hybridized carbons (Fsp3) is 0.364. The molecule has 2 amide bonds. The highest BCUT2D eigenvalue weighted by Gasteiger charge is 2.24. The third-order valence-corrected chi connectivity index (χ3v) is 5.30. The number of fused-ring (bicyclic) bond motifs is 2. The summed E-state index contributed by atoms with van der Waals surface area (Å²) in [5.74, 6) is 2.38. The molecule has 1 aliphatic heterocycles. The molecule has 152 valence electrons. The third-order valence-electron chi connectivity index (χ3n) is 5.30. The van der Waals surface area contributed by atoms with Crippen molar-refractivity contribution in [2.24, 2.45) is 0 Å². The number of ether oxygens (including phenoxy) is 2. The smallest absolute Gasteiger partial charge is 0.317 e. The molecule has 0 spiro atoms. The number of para-hydroxylation sites is 2. The number of rotatable bonds is 5. The third kappa shape index (κ3) is 3.99. The van der Waals surface area contributed by atoms with Crippen LogP contribution < -0.4 is 14.8 Å². The zero-order valence-electron chi connectivity index (χ0n) is 17.0. The van der Waals surface area contributed by atoms with E-state index in [0.29, 0.717) is 19.6 Å². The van der Waals surface area contributed by atoms with Gasteiger partial charge in [-0.1, -0.05) is 24.3 Å². The van der Waals surface area contributed by atoms with E-state index in [9.17, 15) is 4.79 Å². The molecule has 1 atom stereocenters. The number of likely N-dealkylation sites (N-methyl/N-ethyl adjacent to an activating group) is 1. The van der Waals surface area contributed by atoms with Gasteiger partial charge in [-0.05, 0) is 31.0 Å². The van der Waals surface area contributed by atoms with Gasteiger partial charge in [-0.25, -0.2) is 9.78 Å². The van der Waals surface area contributed by atoms with Crippen molar-refractivity contribution in [2.45, 2.75) is 25.8 Å². The molecule has 1 aliphatic rings. The number of imidazole rings is 1. The van der Waals surface area contributed by atoms with Crippen LogP contribution in [-0.2, 0) is 12.8 Å². The Morgan fingerprint density at radius 3 is 2.97 bits per heavy atom. The highest BCUT2D eigenvalue weighted by molar-refractivity contribution is 5.78. The first-order valence-electron chi connectivity index (χ1n) is 9.79. The van der Waals surface area contributed by atoms with Crippen LogP contribution in [0.3, 0.4) is 0 Å². The number of methoxy groups -OCH3 is 1. The van der Waals surface area contributed by atoms with E-state index in [0.717, 1.165) is 45.9 Å². The van der Waals surface area contributed by atoms with Gasteiger partial charge < -0.3 is 24.7 Å². The second-order valence-corrected chi connectivity index (χ2v) is 7.44. The van der Waals surface area contributed by atoms with Crippen LogP contribution in [0.1, 0.15) is 17.0 Å². The quantitative estimate of drug-likeness (QED) is 0.697. The van der Waals surface area contributed by atoms with Crippen LogP contribution in [0.5, 0.6) is 11.5 Å². The fourth-order valence-corrected chi connectivity index (χ4v) is 3.65. The molecule has 0 radical (unpaired) electrons. The van der Waals surface area contributed by atoms with Crippen molar-refractivity contribution in [3.05, 3.63) is 53.3 Å². The molecule has 2 N–H and O–H groups in total. The summed E-state index contributed by atoms with van der Waals surface area (Å²) in [6, 6.07) is 11.7. The summed E-state index contributed by atoms with van der Waals surface area (Å²) in [7, 11) is 3.43. The topological polar surface area (TPSA) is 79.5 Å². The van der Waals surface area contributed by atoms with E-state index in [1.54, 1.807) is 19.1 Å². The van der Waals surface area contributed by atoms with Gasteiger partial charge in [-0.2, -0.15) is 0 Å². The zero-order valence-corrected chi connectivity index (χ0v) is 17.0. The fourth-order valence-electron chi connectivity index (χ4n) is 3.65. The molecule has 2 heterocycles. The Labute approximate surface area is 170 Å². The number of benzene rings is 2. The number of aromatic amines is 1. The molecule has 1 aromatic heterocycles. The molecule has 1 unspecified atom stereocenters. The predicted octanol–water partition coefficient (Wildman–Crippen LogP) is 3.07. The standard InChI is InChI=1S/C22H26N4O3/c1-14-6-4-8-17-20(14)25-19(24-17)10-11-26(2)22(27)23-16-12-15-7-5-9-18(28-3)21(15)29-13-16/h4-9,16H,10-13H2,1-3H3,(H,23,27)(H,24,25). The summed E-state index contributed by atoms with van der Waals surface area (Å²) in [5.41, 5.74) is 4.20. The lowest BCUT2D eigenvalue weighted by Crippen LogP contribution is -2.48. The van der Waals surface area contributed by atoms with E-state index in [1.165, 1.54) is 0 Å². The molecule has 0 bridgehead atoms. The van der Waals surface area contributed by atoms with Gasteiger partial charge in [0.05, 0.1) is 24.2 Å². The van der Waals surface area contributed by atoms with Gasteiger partial charge in [0.2, 0.25) is 0 Å². The lowest BCUT2D eigenvalue weighted by molar-refractivity contribution is 0.187. The Bertz CT molecular complexity index is 1030. The molecular weight excluding hydrogens is 368 g/mol. The molecule has 4 rings (SSSR count). The highest BCUT2D eigenvalue weighted by Crippen LogP contribution is 2.34. The number of hydrogen-bond acceptors (Lipinski definition) is 4. The second-order valence-electron chi connectivity index (χ2n) is 7.44. The van der Waals surface area contributed by atoms with E-state index in [4.69, 9.17) is 9.47 Å². The van der Waals surface area contributed by atoms with Crippen LogP contribution in [0.2, 0.25) is 0 Å². The molecular formula is C22H26N4O3. The first-order chi connectivity index (χ1) is 14.0. The summed E-state index contributed by atoms with van der Waals surface area (Å²) in [6.07, 6.45) is 1.38. The number of carbonyl (C=O) groups excluding carboxylic acids is 1. The number of aryl methyl sites for hydroxylation is 1. The number of urea groups is 1. The second kappa shape index (κ2) is 8.03. The molecule has 0 fully saturated rings. The van der Waals surface area contributed by atoms with Crippen molar-refractivity contribution >= 4 is 17.1 Å². The molecule has 0 saturated heterocycles. The largest absolute Gasteiger partial charge is 0.493 e. The van der Waals surface area contributed by atoms with Crippen molar-refractivity contribution < 1.29 is 14.3 Å². The lowest BCUT2D eigenvalue weighted by atomic mass is 10.0. The molecule has 7 heteroatoms. The number of H-pyrrole nitrogens is 1. The molecule has 29 heavy (non-hydrogen) atoms. The van der Waals surface area contributed by atoms with Crippen molar-refractivity contribution in [1.82, 2.24) is 20.2 Å². The minimum atomic E-state index is -0.114. The highest BCUT2D eigenvalue weighted by atomic mass is 16.5. The molecule has 2 aromatic carbocycles. The van der Waals surface area contributed by atoms with E-state index >= 15 is 0 Å². The molecule has 0 saturated carbocycles. The van der Waals surface area contributed by atoms with E-state index in [2.05, 4.69) is 15.3 Å². The number of nitrogens with zero attached hydrogens (tertiary/aromatic N) is 2. The van der Waals surface area contributed by atoms with Crippen LogP contribution in [-0.4, -0.2) is 54.2 Å². The predicted molar refractivity (Wildman–Crippen MR) is 112 cm³/mol. The summed E-state index contributed by atoms with van der Waals surface area (Å²) >= 11 is 0. The van der Waals surface area contributed by atoms with Crippen molar-refractivity contribution in [3.63, 3.8) is 0 Å². The van der Waals surface area contributed by atoms with Crippen LogP contribution in [0, 0.1) is 6.92 Å². The Balaban J connectivity index is 1.33. The maximum Gasteiger partial charge on any atom is 0.317 e. The normalized spacial score (nSPS) is 15.5. The van der Waals surface area contributed by atoms with Crippen LogP contribution in [0.15, 0.2) is 36.4 Å². The summed E-state index contributed by atoms with van der Waals surface area (Å²) < 4.78 is 11.2. The van der Waals surface area contributed by atoms with Crippen molar-refractivity contribution in [3.8, 4) is 11.5 Å². The Morgan fingerprint density at radius 2 is 2.17 bits per heavy atom. The average molecular weight is 394 g/mol. The Morgan fingerprint density at radius 1 is 1.34 bits per heavy atom. The van der Waals surface area contributed by atoms with Gasteiger partial charge in [0.25, 0.3) is 0 Å². The van der Waals surface area contributed by atoms with Gasteiger partial charge >= 0.3 is 6.03 Å². The zero-order chi connectivity index (χ0) is 20.4. The summed E-state index contributed by atoms with van der Waals surface area (Å²) in [4.78, 5) is 22.3. The Hall–Kier alpha value is -3.22. The summed E-state index contributed by atoms with van der Waals surface area (Å²) in [6.45, 7) is 3.05. The molecule has 7 nitrogen and oxygen atoms in total. The van der Waals surface area contributed by atoms with Crippen LogP contribution >= 0.6 is 0 Å². The average Bonchev–Trinajstić information content (AvgIpc) is 3.16. The lowest BCUT2D eigenvalue weighted by Gasteiger charge is -2.28. The molecule has 3 aromatic rings. The summed E-state index contributed by atoms with van der Waals surface area (Å²) in [5, 5.41) is 3.06. The van der Waals surface area contributed by atoms with Crippen molar-refractivity contribution in [2.75, 3.05) is 27.3 Å². The minimum absolute atomic E-state index is 0.0709. The van der Waals surface area contributed by atoms with E-state index < -0.39 is 0 Å². The van der Waals surface area contributed by atoms with Gasteiger partial charge in [0.15, 0.2) is 11.5 Å². The first kappa shape index (κ1) is 19.1. The van der Waals surface area contributed by atoms with Crippen LogP contribution in [0.4, 0.5) is 4.79 Å². The van der Waals surface area contributed by atoms with Gasteiger partial charge in [-0.3, -0.25) is 0 Å². The van der Waals surface area contributed by atoms with Gasteiger partial charge in [0, 0.05) is 25.6 Å². The SMILES string of the molecule is COc1cccc2c1OCC(NC(=O)N(C)CCc1nc3c(C)cccc3[nH]1)C2. The van der Waals surface area contributed by atoms with Crippen molar-refractivity contribution in [1.29, 1.82) is 0 Å². The van der Waals surface area contributed by atoms with E-state index in [-0.39, 0.29) is 12.1 Å².